The van der Waals surface area contributed by atoms with Crippen molar-refractivity contribution in [3.05, 3.63) is 59.7 Å². The molecule has 0 atom stereocenters. The Morgan fingerprint density at radius 2 is 1.52 bits per heavy atom. The molecule has 0 unspecified atom stereocenters. The molecule has 0 aliphatic carbocycles. The number of aryl methyl sites for hydroxylation is 2. The van der Waals surface area contributed by atoms with Gasteiger partial charge in [0.1, 0.15) is 5.75 Å². The molecule has 3 nitrogen and oxygen atoms in total. The number of hydrogen-bond acceptors (Lipinski definition) is 3. The van der Waals surface area contributed by atoms with Crippen molar-refractivity contribution in [1.82, 2.24) is 4.90 Å². The Kier molecular flexibility index (Phi) is 9.40. The fraction of sp³-hybridized carbons (Fsp3) is 0.429. The van der Waals surface area contributed by atoms with Gasteiger partial charge in [0.05, 0.1) is 6.61 Å². The SMILES string of the molecule is CN(C)CCCOc1ccccc1CCc1ccc(N(C)C)cc1.Cl. The summed E-state index contributed by atoms with van der Waals surface area (Å²) in [6.45, 7) is 1.83. The number of rotatable bonds is 9. The van der Waals surface area contributed by atoms with Crippen molar-refractivity contribution in [2.75, 3.05) is 46.2 Å². The minimum Gasteiger partial charge on any atom is -0.493 e. The first-order valence-corrected chi connectivity index (χ1v) is 8.68. The molecule has 0 aromatic heterocycles. The van der Waals surface area contributed by atoms with Crippen molar-refractivity contribution in [3.8, 4) is 5.75 Å². The first-order valence-electron chi connectivity index (χ1n) is 8.68. The van der Waals surface area contributed by atoms with Crippen LogP contribution in [-0.4, -0.2) is 46.2 Å². The Balaban J connectivity index is 0.00000312. The molecule has 0 amide bonds. The molecule has 0 saturated heterocycles. The molecular weight excluding hydrogens is 332 g/mol. The summed E-state index contributed by atoms with van der Waals surface area (Å²) >= 11 is 0. The van der Waals surface area contributed by atoms with Gasteiger partial charge in [0, 0.05) is 26.3 Å². The zero-order valence-electron chi connectivity index (χ0n) is 15.9. The first kappa shape index (κ1) is 21.3. The van der Waals surface area contributed by atoms with Crippen molar-refractivity contribution < 1.29 is 4.74 Å². The summed E-state index contributed by atoms with van der Waals surface area (Å²) in [7, 11) is 8.32. The molecule has 0 N–H and O–H groups in total. The second kappa shape index (κ2) is 11.0. The number of para-hydroxylation sites is 1. The summed E-state index contributed by atoms with van der Waals surface area (Å²) in [4.78, 5) is 4.31. The third kappa shape index (κ3) is 7.37. The zero-order chi connectivity index (χ0) is 17.4. The van der Waals surface area contributed by atoms with Crippen LogP contribution < -0.4 is 9.64 Å². The third-order valence-corrected chi connectivity index (χ3v) is 4.12. The van der Waals surface area contributed by atoms with Gasteiger partial charge in [-0.05, 0) is 62.7 Å². The van der Waals surface area contributed by atoms with Gasteiger partial charge >= 0.3 is 0 Å². The third-order valence-electron chi connectivity index (χ3n) is 4.12. The van der Waals surface area contributed by atoms with E-state index in [1.54, 1.807) is 0 Å². The molecular formula is C21H31ClN2O. The quantitative estimate of drug-likeness (QED) is 0.619. The number of nitrogens with zero attached hydrogens (tertiary/aromatic N) is 2. The Morgan fingerprint density at radius 1 is 0.840 bits per heavy atom. The molecule has 0 saturated carbocycles. The van der Waals surface area contributed by atoms with E-state index in [4.69, 9.17) is 4.74 Å². The summed E-state index contributed by atoms with van der Waals surface area (Å²) in [6.07, 6.45) is 3.09. The molecule has 138 valence electrons. The highest BCUT2D eigenvalue weighted by Crippen LogP contribution is 2.21. The van der Waals surface area contributed by atoms with Crippen LogP contribution in [0.25, 0.3) is 0 Å². The molecule has 2 aromatic carbocycles. The van der Waals surface area contributed by atoms with Crippen LogP contribution in [0.15, 0.2) is 48.5 Å². The number of ether oxygens (including phenoxy) is 1. The van der Waals surface area contributed by atoms with E-state index in [0.29, 0.717) is 0 Å². The summed E-state index contributed by atoms with van der Waals surface area (Å²) in [6, 6.07) is 17.2. The van der Waals surface area contributed by atoms with E-state index in [1.807, 2.05) is 0 Å². The minimum atomic E-state index is 0. The second-order valence-corrected chi connectivity index (χ2v) is 6.67. The van der Waals surface area contributed by atoms with Gasteiger partial charge in [0.15, 0.2) is 0 Å². The Bertz CT molecular complexity index is 612. The number of halogens is 1. The Hall–Kier alpha value is -1.71. The van der Waals surface area contributed by atoms with Crippen LogP contribution in [0, 0.1) is 0 Å². The lowest BCUT2D eigenvalue weighted by molar-refractivity contribution is 0.279. The van der Waals surface area contributed by atoms with Crippen molar-refractivity contribution in [3.63, 3.8) is 0 Å². The first-order chi connectivity index (χ1) is 11.6. The molecule has 0 heterocycles. The lowest BCUT2D eigenvalue weighted by atomic mass is 10.0. The molecule has 0 aliphatic heterocycles. The van der Waals surface area contributed by atoms with Gasteiger partial charge < -0.3 is 14.5 Å². The van der Waals surface area contributed by atoms with Crippen LogP contribution in [0.5, 0.6) is 5.75 Å². The normalized spacial score (nSPS) is 10.4. The molecule has 2 rings (SSSR count). The van der Waals surface area contributed by atoms with Crippen molar-refractivity contribution in [1.29, 1.82) is 0 Å². The van der Waals surface area contributed by atoms with E-state index in [9.17, 15) is 0 Å². The van der Waals surface area contributed by atoms with E-state index in [2.05, 4.69) is 86.5 Å². The lowest BCUT2D eigenvalue weighted by Crippen LogP contribution is -2.15. The average molecular weight is 363 g/mol. The van der Waals surface area contributed by atoms with Gasteiger partial charge in [0.2, 0.25) is 0 Å². The Labute approximate surface area is 159 Å². The van der Waals surface area contributed by atoms with E-state index in [1.165, 1.54) is 16.8 Å². The molecule has 0 aliphatic rings. The summed E-state index contributed by atoms with van der Waals surface area (Å²) in [5.41, 5.74) is 3.89. The maximum absolute atomic E-state index is 5.99. The van der Waals surface area contributed by atoms with Crippen LogP contribution in [0.1, 0.15) is 17.5 Å². The summed E-state index contributed by atoms with van der Waals surface area (Å²) in [5.74, 6) is 1.03. The van der Waals surface area contributed by atoms with Crippen LogP contribution in [-0.2, 0) is 12.8 Å². The number of hydrogen-bond donors (Lipinski definition) is 0. The maximum atomic E-state index is 5.99. The number of benzene rings is 2. The summed E-state index contributed by atoms with van der Waals surface area (Å²) < 4.78 is 5.99. The summed E-state index contributed by atoms with van der Waals surface area (Å²) in [5, 5.41) is 0. The van der Waals surface area contributed by atoms with Crippen molar-refractivity contribution >= 4 is 18.1 Å². The fourth-order valence-electron chi connectivity index (χ4n) is 2.65. The predicted octanol–water partition coefficient (Wildman–Crippen LogP) is 4.29. The van der Waals surface area contributed by atoms with E-state index in [-0.39, 0.29) is 12.4 Å². The second-order valence-electron chi connectivity index (χ2n) is 6.67. The molecule has 0 spiro atoms. The van der Waals surface area contributed by atoms with Crippen molar-refractivity contribution in [2.24, 2.45) is 0 Å². The molecule has 25 heavy (non-hydrogen) atoms. The standard InChI is InChI=1S/C21H30N2O.ClH/c1-22(2)16-7-17-24-21-9-6-5-8-19(21)13-10-18-11-14-20(15-12-18)23(3)4;/h5-6,8-9,11-12,14-15H,7,10,13,16-17H2,1-4H3;1H. The van der Waals surface area contributed by atoms with Crippen LogP contribution in [0.4, 0.5) is 5.69 Å². The van der Waals surface area contributed by atoms with Gasteiger partial charge in [-0.1, -0.05) is 30.3 Å². The minimum absolute atomic E-state index is 0. The van der Waals surface area contributed by atoms with Gasteiger partial charge in [-0.2, -0.15) is 0 Å². The molecule has 2 aromatic rings. The van der Waals surface area contributed by atoms with Crippen molar-refractivity contribution in [2.45, 2.75) is 19.3 Å². The lowest BCUT2D eigenvalue weighted by Gasteiger charge is -2.14. The maximum Gasteiger partial charge on any atom is 0.122 e. The van der Waals surface area contributed by atoms with Crippen LogP contribution in [0.2, 0.25) is 0 Å². The molecule has 0 radical (unpaired) electrons. The molecule has 0 fully saturated rings. The number of anilines is 1. The average Bonchev–Trinajstić information content (AvgIpc) is 2.58. The highest BCUT2D eigenvalue weighted by atomic mass is 35.5. The monoisotopic (exact) mass is 362 g/mol. The predicted molar refractivity (Wildman–Crippen MR) is 111 cm³/mol. The van der Waals surface area contributed by atoms with Crippen LogP contribution in [0.3, 0.4) is 0 Å². The molecule has 4 heteroatoms. The highest BCUT2D eigenvalue weighted by molar-refractivity contribution is 5.85. The highest BCUT2D eigenvalue weighted by Gasteiger charge is 2.04. The van der Waals surface area contributed by atoms with E-state index in [0.717, 1.165) is 38.2 Å². The van der Waals surface area contributed by atoms with Crippen LogP contribution >= 0.6 is 12.4 Å². The van der Waals surface area contributed by atoms with E-state index >= 15 is 0 Å². The largest absolute Gasteiger partial charge is 0.493 e. The van der Waals surface area contributed by atoms with Gasteiger partial charge in [-0.25, -0.2) is 0 Å². The smallest absolute Gasteiger partial charge is 0.122 e. The zero-order valence-corrected chi connectivity index (χ0v) is 16.7. The van der Waals surface area contributed by atoms with Gasteiger partial charge in [-0.3, -0.25) is 0 Å². The topological polar surface area (TPSA) is 15.7 Å². The van der Waals surface area contributed by atoms with E-state index < -0.39 is 0 Å². The Morgan fingerprint density at radius 3 is 2.16 bits per heavy atom. The fourth-order valence-corrected chi connectivity index (χ4v) is 2.65. The van der Waals surface area contributed by atoms with Gasteiger partial charge in [-0.15, -0.1) is 12.4 Å². The molecule has 0 bridgehead atoms. The van der Waals surface area contributed by atoms with Gasteiger partial charge in [0.25, 0.3) is 0 Å².